The van der Waals surface area contributed by atoms with Crippen LogP contribution in [0.1, 0.15) is 24.6 Å². The van der Waals surface area contributed by atoms with Crippen LogP contribution in [0.3, 0.4) is 0 Å². The van der Waals surface area contributed by atoms with Gasteiger partial charge in [0.15, 0.2) is 0 Å². The summed E-state index contributed by atoms with van der Waals surface area (Å²) in [5, 5.41) is 0. The van der Waals surface area contributed by atoms with E-state index in [-0.39, 0.29) is 5.82 Å². The summed E-state index contributed by atoms with van der Waals surface area (Å²) in [4.78, 5) is 8.85. The second-order valence-corrected chi connectivity index (χ2v) is 5.03. The molecule has 2 nitrogen and oxygen atoms in total. The molecule has 1 heterocycles. The van der Waals surface area contributed by atoms with Crippen molar-refractivity contribution in [2.45, 2.75) is 18.8 Å². The SMILES string of the molecule is Fc1cccc(-c2cc(Br)nc(C3CC3)n2)c1. The number of nitrogens with zero attached hydrogens (tertiary/aromatic N) is 2. The number of hydrogen-bond donors (Lipinski definition) is 0. The quantitative estimate of drug-likeness (QED) is 0.784. The molecule has 0 radical (unpaired) electrons. The topological polar surface area (TPSA) is 25.8 Å². The molecule has 1 aliphatic carbocycles. The molecule has 0 atom stereocenters. The van der Waals surface area contributed by atoms with Gasteiger partial charge in [-0.3, -0.25) is 0 Å². The molecule has 3 rings (SSSR count). The summed E-state index contributed by atoms with van der Waals surface area (Å²) in [6, 6.07) is 8.29. The average Bonchev–Trinajstić information content (AvgIpc) is 3.12. The third-order valence-electron chi connectivity index (χ3n) is 2.78. The first-order chi connectivity index (χ1) is 8.22. The summed E-state index contributed by atoms with van der Waals surface area (Å²) in [5.74, 6) is 1.10. The van der Waals surface area contributed by atoms with E-state index < -0.39 is 0 Å². The Morgan fingerprint density at radius 2 is 2.00 bits per heavy atom. The van der Waals surface area contributed by atoms with Crippen molar-refractivity contribution in [2.24, 2.45) is 0 Å². The van der Waals surface area contributed by atoms with E-state index in [4.69, 9.17) is 0 Å². The highest BCUT2D eigenvalue weighted by Gasteiger charge is 2.27. The largest absolute Gasteiger partial charge is 0.233 e. The first-order valence-corrected chi connectivity index (χ1v) is 6.32. The van der Waals surface area contributed by atoms with Crippen molar-refractivity contribution in [3.05, 3.63) is 46.6 Å². The lowest BCUT2D eigenvalue weighted by atomic mass is 10.1. The molecule has 1 aliphatic rings. The molecule has 2 aromatic rings. The summed E-state index contributed by atoms with van der Waals surface area (Å²) in [5.41, 5.74) is 1.56. The predicted molar refractivity (Wildman–Crippen MR) is 67.1 cm³/mol. The molecule has 0 amide bonds. The monoisotopic (exact) mass is 292 g/mol. The Morgan fingerprint density at radius 3 is 2.71 bits per heavy atom. The molecule has 0 bridgehead atoms. The molecule has 0 N–H and O–H groups in total. The molecule has 0 spiro atoms. The molecule has 4 heteroatoms. The lowest BCUT2D eigenvalue weighted by molar-refractivity contribution is 0.628. The highest BCUT2D eigenvalue weighted by Crippen LogP contribution is 2.39. The standard InChI is InChI=1S/C13H10BrFN2/c14-12-7-11(9-2-1-3-10(15)6-9)16-13(17-12)8-4-5-8/h1-3,6-8H,4-5H2. The van der Waals surface area contributed by atoms with E-state index in [1.54, 1.807) is 6.07 Å². The van der Waals surface area contributed by atoms with Gasteiger partial charge in [0.05, 0.1) is 5.69 Å². The Balaban J connectivity index is 2.07. The Kier molecular flexibility index (Phi) is 2.67. The average molecular weight is 293 g/mol. The Labute approximate surface area is 107 Å². The zero-order chi connectivity index (χ0) is 11.8. The van der Waals surface area contributed by atoms with E-state index in [2.05, 4.69) is 25.9 Å². The molecule has 1 aromatic heterocycles. The number of rotatable bonds is 2. The fourth-order valence-corrected chi connectivity index (χ4v) is 2.15. The van der Waals surface area contributed by atoms with E-state index in [1.165, 1.54) is 12.1 Å². The van der Waals surface area contributed by atoms with Gasteiger partial charge in [0, 0.05) is 11.5 Å². The van der Waals surface area contributed by atoms with Gasteiger partial charge in [0.25, 0.3) is 0 Å². The zero-order valence-electron chi connectivity index (χ0n) is 9.03. The Hall–Kier alpha value is -1.29. The van der Waals surface area contributed by atoms with Crippen LogP contribution in [0.5, 0.6) is 0 Å². The van der Waals surface area contributed by atoms with Gasteiger partial charge in [-0.15, -0.1) is 0 Å². The van der Waals surface area contributed by atoms with Crippen LogP contribution in [-0.2, 0) is 0 Å². The van der Waals surface area contributed by atoms with Crippen LogP contribution in [0, 0.1) is 5.82 Å². The number of aromatic nitrogens is 2. The zero-order valence-corrected chi connectivity index (χ0v) is 10.6. The minimum Gasteiger partial charge on any atom is -0.233 e. The van der Waals surface area contributed by atoms with Crippen molar-refractivity contribution in [1.82, 2.24) is 9.97 Å². The van der Waals surface area contributed by atoms with Gasteiger partial charge >= 0.3 is 0 Å². The third-order valence-corrected chi connectivity index (χ3v) is 3.18. The molecule has 17 heavy (non-hydrogen) atoms. The van der Waals surface area contributed by atoms with E-state index in [0.717, 1.165) is 34.5 Å². The van der Waals surface area contributed by atoms with E-state index >= 15 is 0 Å². The van der Waals surface area contributed by atoms with E-state index in [9.17, 15) is 4.39 Å². The van der Waals surface area contributed by atoms with Crippen molar-refractivity contribution in [3.8, 4) is 11.3 Å². The van der Waals surface area contributed by atoms with Crippen molar-refractivity contribution in [2.75, 3.05) is 0 Å². The van der Waals surface area contributed by atoms with E-state index in [0.29, 0.717) is 5.92 Å². The molecular weight excluding hydrogens is 283 g/mol. The van der Waals surface area contributed by atoms with Gasteiger partial charge in [-0.25, -0.2) is 14.4 Å². The van der Waals surface area contributed by atoms with Crippen LogP contribution in [0.15, 0.2) is 34.9 Å². The van der Waals surface area contributed by atoms with Crippen LogP contribution >= 0.6 is 15.9 Å². The van der Waals surface area contributed by atoms with Crippen molar-refractivity contribution >= 4 is 15.9 Å². The van der Waals surface area contributed by atoms with Gasteiger partial charge in [0.2, 0.25) is 0 Å². The summed E-state index contributed by atoms with van der Waals surface area (Å²) in [7, 11) is 0. The lowest BCUT2D eigenvalue weighted by Gasteiger charge is -2.04. The van der Waals surface area contributed by atoms with Crippen molar-refractivity contribution in [3.63, 3.8) is 0 Å². The number of halogens is 2. The normalized spacial score (nSPS) is 14.9. The Morgan fingerprint density at radius 1 is 1.18 bits per heavy atom. The third kappa shape index (κ3) is 2.36. The smallest absolute Gasteiger partial charge is 0.133 e. The highest BCUT2D eigenvalue weighted by atomic mass is 79.9. The molecule has 1 saturated carbocycles. The van der Waals surface area contributed by atoms with Gasteiger partial charge in [0.1, 0.15) is 16.2 Å². The highest BCUT2D eigenvalue weighted by molar-refractivity contribution is 9.10. The molecule has 1 fully saturated rings. The Bertz CT molecular complexity index is 567. The van der Waals surface area contributed by atoms with Crippen LogP contribution in [-0.4, -0.2) is 9.97 Å². The lowest BCUT2D eigenvalue weighted by Crippen LogP contribution is -1.95. The molecule has 0 aliphatic heterocycles. The van der Waals surface area contributed by atoms with Crippen LogP contribution in [0.4, 0.5) is 4.39 Å². The van der Waals surface area contributed by atoms with Crippen LogP contribution in [0.25, 0.3) is 11.3 Å². The predicted octanol–water partition coefficient (Wildman–Crippen LogP) is 3.92. The molecule has 0 saturated heterocycles. The van der Waals surface area contributed by atoms with Gasteiger partial charge in [-0.2, -0.15) is 0 Å². The first-order valence-electron chi connectivity index (χ1n) is 5.53. The number of hydrogen-bond acceptors (Lipinski definition) is 2. The minimum atomic E-state index is -0.245. The second-order valence-electron chi connectivity index (χ2n) is 4.22. The minimum absolute atomic E-state index is 0.245. The molecule has 86 valence electrons. The maximum atomic E-state index is 13.2. The van der Waals surface area contributed by atoms with Crippen LogP contribution < -0.4 is 0 Å². The van der Waals surface area contributed by atoms with Gasteiger partial charge in [-0.1, -0.05) is 12.1 Å². The van der Waals surface area contributed by atoms with Gasteiger partial charge < -0.3 is 0 Å². The van der Waals surface area contributed by atoms with Crippen LogP contribution in [0.2, 0.25) is 0 Å². The molecular formula is C13H10BrFN2. The summed E-state index contributed by atoms with van der Waals surface area (Å²) in [6.45, 7) is 0. The summed E-state index contributed by atoms with van der Waals surface area (Å²) in [6.07, 6.45) is 2.30. The fraction of sp³-hybridized carbons (Fsp3) is 0.231. The van der Waals surface area contributed by atoms with Crippen molar-refractivity contribution in [1.29, 1.82) is 0 Å². The maximum absolute atomic E-state index is 13.2. The maximum Gasteiger partial charge on any atom is 0.133 e. The first kappa shape index (κ1) is 10.8. The van der Waals surface area contributed by atoms with Crippen molar-refractivity contribution < 1.29 is 4.39 Å². The summed E-state index contributed by atoms with van der Waals surface area (Å²) >= 11 is 3.38. The second kappa shape index (κ2) is 4.18. The molecule has 1 aromatic carbocycles. The van der Waals surface area contributed by atoms with E-state index in [1.807, 2.05) is 12.1 Å². The molecule has 0 unspecified atom stereocenters. The summed E-state index contributed by atoms with van der Waals surface area (Å²) < 4.78 is 13.9. The number of benzene rings is 1. The van der Waals surface area contributed by atoms with Gasteiger partial charge in [-0.05, 0) is 47.0 Å². The fourth-order valence-electron chi connectivity index (χ4n) is 1.76.